The molecule has 21 heavy (non-hydrogen) atoms. The van der Waals surface area contributed by atoms with Crippen molar-refractivity contribution in [2.24, 2.45) is 5.92 Å². The highest BCUT2D eigenvalue weighted by Crippen LogP contribution is 2.38. The number of nitrogens with zero attached hydrogens (tertiary/aromatic N) is 3. The zero-order valence-corrected chi connectivity index (χ0v) is 13.0. The number of amides is 1. The SMILES string of the molecule is Cc1nc(C2CC2)ncc1C(=O)N1CC[C@](C)(O)[C@H](C)C1. The van der Waals surface area contributed by atoms with Gasteiger partial charge in [0.15, 0.2) is 0 Å². The van der Waals surface area contributed by atoms with Gasteiger partial charge >= 0.3 is 0 Å². The normalized spacial score (nSPS) is 29.5. The van der Waals surface area contributed by atoms with Gasteiger partial charge in [0.05, 0.1) is 16.9 Å². The number of aliphatic hydroxyl groups is 1. The molecule has 2 atom stereocenters. The quantitative estimate of drug-likeness (QED) is 0.903. The van der Waals surface area contributed by atoms with Crippen LogP contribution >= 0.6 is 0 Å². The first kappa shape index (κ1) is 14.4. The first-order valence-corrected chi connectivity index (χ1v) is 7.73. The van der Waals surface area contributed by atoms with Crippen molar-refractivity contribution in [1.29, 1.82) is 0 Å². The molecule has 1 aliphatic heterocycles. The van der Waals surface area contributed by atoms with E-state index in [0.717, 1.165) is 24.4 Å². The number of carbonyl (C=O) groups is 1. The Morgan fingerprint density at radius 2 is 2.19 bits per heavy atom. The Morgan fingerprint density at radius 1 is 1.48 bits per heavy atom. The van der Waals surface area contributed by atoms with Crippen LogP contribution in [0.5, 0.6) is 0 Å². The maximum Gasteiger partial charge on any atom is 0.257 e. The van der Waals surface area contributed by atoms with Gasteiger partial charge in [0.25, 0.3) is 5.91 Å². The Balaban J connectivity index is 1.76. The van der Waals surface area contributed by atoms with E-state index >= 15 is 0 Å². The lowest BCUT2D eigenvalue weighted by Gasteiger charge is -2.41. The smallest absolute Gasteiger partial charge is 0.257 e. The zero-order valence-electron chi connectivity index (χ0n) is 13.0. The molecule has 1 amide bonds. The van der Waals surface area contributed by atoms with Crippen molar-refractivity contribution in [3.8, 4) is 0 Å². The van der Waals surface area contributed by atoms with Crippen LogP contribution in [0.4, 0.5) is 0 Å². The number of rotatable bonds is 2. The standard InChI is InChI=1S/C16H23N3O2/c1-10-9-19(7-6-16(10,3)21)15(20)13-8-17-14(12-4-5-12)18-11(13)2/h8,10,12,21H,4-7,9H2,1-3H3/t10-,16+/m1/s1. The van der Waals surface area contributed by atoms with Gasteiger partial charge < -0.3 is 10.0 Å². The third-order valence-corrected chi connectivity index (χ3v) is 4.90. The van der Waals surface area contributed by atoms with E-state index in [0.29, 0.717) is 31.0 Å². The second-order valence-corrected chi connectivity index (χ2v) is 6.76. The largest absolute Gasteiger partial charge is 0.390 e. The molecule has 0 radical (unpaired) electrons. The fraction of sp³-hybridized carbons (Fsp3) is 0.688. The van der Waals surface area contributed by atoms with Crippen molar-refractivity contribution < 1.29 is 9.90 Å². The molecule has 2 heterocycles. The van der Waals surface area contributed by atoms with Gasteiger partial charge in [0, 0.05) is 31.1 Å². The van der Waals surface area contributed by atoms with Gasteiger partial charge in [0.1, 0.15) is 5.82 Å². The molecule has 1 aromatic heterocycles. The molecule has 5 nitrogen and oxygen atoms in total. The van der Waals surface area contributed by atoms with Crippen molar-refractivity contribution in [3.63, 3.8) is 0 Å². The number of aromatic nitrogens is 2. The van der Waals surface area contributed by atoms with Crippen molar-refractivity contribution in [2.75, 3.05) is 13.1 Å². The Bertz CT molecular complexity index is 567. The monoisotopic (exact) mass is 289 g/mol. The molecule has 1 N–H and O–H groups in total. The average molecular weight is 289 g/mol. The number of piperidine rings is 1. The molecule has 2 fully saturated rings. The van der Waals surface area contributed by atoms with E-state index in [4.69, 9.17) is 0 Å². The molecule has 1 aliphatic carbocycles. The van der Waals surface area contributed by atoms with Crippen LogP contribution in [0.3, 0.4) is 0 Å². The van der Waals surface area contributed by atoms with Gasteiger partial charge in [-0.05, 0) is 33.1 Å². The van der Waals surface area contributed by atoms with Gasteiger partial charge in [-0.3, -0.25) is 4.79 Å². The molecule has 3 rings (SSSR count). The van der Waals surface area contributed by atoms with Crippen molar-refractivity contribution >= 4 is 5.91 Å². The van der Waals surface area contributed by atoms with Crippen LogP contribution in [0.2, 0.25) is 0 Å². The van der Waals surface area contributed by atoms with Crippen LogP contribution in [0.1, 0.15) is 60.9 Å². The molecule has 0 spiro atoms. The van der Waals surface area contributed by atoms with E-state index < -0.39 is 5.60 Å². The molecule has 0 bridgehead atoms. The van der Waals surface area contributed by atoms with E-state index in [1.807, 2.05) is 25.7 Å². The molecule has 1 aromatic rings. The molecule has 0 aromatic carbocycles. The molecule has 5 heteroatoms. The second-order valence-electron chi connectivity index (χ2n) is 6.76. The van der Waals surface area contributed by atoms with Crippen molar-refractivity contribution in [1.82, 2.24) is 14.9 Å². The van der Waals surface area contributed by atoms with Crippen LogP contribution < -0.4 is 0 Å². The Morgan fingerprint density at radius 3 is 2.76 bits per heavy atom. The van der Waals surface area contributed by atoms with Crippen LogP contribution in [0.25, 0.3) is 0 Å². The highest BCUT2D eigenvalue weighted by Gasteiger charge is 2.37. The minimum Gasteiger partial charge on any atom is -0.390 e. The average Bonchev–Trinajstić information content (AvgIpc) is 3.25. The topological polar surface area (TPSA) is 66.3 Å². The van der Waals surface area contributed by atoms with Crippen molar-refractivity contribution in [2.45, 2.75) is 51.6 Å². The first-order chi connectivity index (χ1) is 9.88. The summed E-state index contributed by atoms with van der Waals surface area (Å²) >= 11 is 0. The van der Waals surface area contributed by atoms with Crippen LogP contribution in [0, 0.1) is 12.8 Å². The summed E-state index contributed by atoms with van der Waals surface area (Å²) in [6, 6.07) is 0. The Labute approximate surface area is 125 Å². The van der Waals surface area contributed by atoms with Gasteiger partial charge in [-0.2, -0.15) is 0 Å². The third-order valence-electron chi connectivity index (χ3n) is 4.90. The maximum atomic E-state index is 12.6. The Hall–Kier alpha value is -1.49. The summed E-state index contributed by atoms with van der Waals surface area (Å²) in [6.45, 7) is 6.87. The fourth-order valence-corrected chi connectivity index (χ4v) is 2.81. The van der Waals surface area contributed by atoms with E-state index in [1.165, 1.54) is 0 Å². The predicted molar refractivity (Wildman–Crippen MR) is 79.1 cm³/mol. The van der Waals surface area contributed by atoms with E-state index in [-0.39, 0.29) is 11.8 Å². The van der Waals surface area contributed by atoms with Gasteiger partial charge in [-0.25, -0.2) is 9.97 Å². The van der Waals surface area contributed by atoms with Crippen LogP contribution in [-0.4, -0.2) is 44.6 Å². The summed E-state index contributed by atoms with van der Waals surface area (Å²) in [4.78, 5) is 23.3. The molecule has 0 unspecified atom stereocenters. The second kappa shape index (κ2) is 5.05. The lowest BCUT2D eigenvalue weighted by molar-refractivity contribution is -0.0439. The van der Waals surface area contributed by atoms with Crippen molar-refractivity contribution in [3.05, 3.63) is 23.3 Å². The maximum absolute atomic E-state index is 12.6. The summed E-state index contributed by atoms with van der Waals surface area (Å²) < 4.78 is 0. The number of carbonyl (C=O) groups excluding carboxylic acids is 1. The van der Waals surface area contributed by atoms with E-state index in [9.17, 15) is 9.90 Å². The first-order valence-electron chi connectivity index (χ1n) is 7.73. The van der Waals surface area contributed by atoms with Gasteiger partial charge in [-0.15, -0.1) is 0 Å². The van der Waals surface area contributed by atoms with E-state index in [2.05, 4.69) is 9.97 Å². The highest BCUT2D eigenvalue weighted by atomic mass is 16.3. The number of hydrogen-bond acceptors (Lipinski definition) is 4. The summed E-state index contributed by atoms with van der Waals surface area (Å²) in [5.74, 6) is 1.43. The molecule has 1 saturated carbocycles. The van der Waals surface area contributed by atoms with Crippen LogP contribution in [0.15, 0.2) is 6.20 Å². The number of likely N-dealkylation sites (tertiary alicyclic amines) is 1. The molecule has 2 aliphatic rings. The highest BCUT2D eigenvalue weighted by molar-refractivity contribution is 5.95. The minimum absolute atomic E-state index is 0.0165. The predicted octanol–water partition coefficient (Wildman–Crippen LogP) is 1.90. The summed E-state index contributed by atoms with van der Waals surface area (Å²) in [7, 11) is 0. The zero-order chi connectivity index (χ0) is 15.2. The molecule has 1 saturated heterocycles. The molecular formula is C16H23N3O2. The Kier molecular flexibility index (Phi) is 3.48. The van der Waals surface area contributed by atoms with Gasteiger partial charge in [-0.1, -0.05) is 6.92 Å². The number of hydrogen-bond donors (Lipinski definition) is 1. The van der Waals surface area contributed by atoms with Gasteiger partial charge in [0.2, 0.25) is 0 Å². The molecular weight excluding hydrogens is 266 g/mol. The lowest BCUT2D eigenvalue weighted by atomic mass is 9.84. The number of aryl methyl sites for hydroxylation is 1. The summed E-state index contributed by atoms with van der Waals surface area (Å²) in [6.07, 6.45) is 4.60. The van der Waals surface area contributed by atoms with E-state index in [1.54, 1.807) is 6.20 Å². The summed E-state index contributed by atoms with van der Waals surface area (Å²) in [5.41, 5.74) is 0.674. The van der Waals surface area contributed by atoms with Crippen LogP contribution in [-0.2, 0) is 0 Å². The molecule has 114 valence electrons. The third kappa shape index (κ3) is 2.79. The minimum atomic E-state index is -0.682. The fourth-order valence-electron chi connectivity index (χ4n) is 2.81. The lowest BCUT2D eigenvalue weighted by Crippen LogP contribution is -2.51. The summed E-state index contributed by atoms with van der Waals surface area (Å²) in [5, 5.41) is 10.2.